The fourth-order valence-electron chi connectivity index (χ4n) is 3.48. The lowest BCUT2D eigenvalue weighted by molar-refractivity contribution is 0.0893. The maximum Gasteiger partial charge on any atom is 0.119 e. The van der Waals surface area contributed by atoms with Crippen LogP contribution in [-0.4, -0.2) is 43.9 Å². The zero-order valence-electron chi connectivity index (χ0n) is 15.4. The lowest BCUT2D eigenvalue weighted by Crippen LogP contribution is -2.47. The number of imidazole rings is 1. The highest BCUT2D eigenvalue weighted by Gasteiger charge is 2.29. The Kier molecular flexibility index (Phi) is 4.75. The predicted octanol–water partition coefficient (Wildman–Crippen LogP) is 2.83. The molecule has 0 bridgehead atoms. The zero-order valence-corrected chi connectivity index (χ0v) is 15.4. The minimum Gasteiger partial charge on any atom is -0.492 e. The fourth-order valence-corrected chi connectivity index (χ4v) is 3.48. The van der Waals surface area contributed by atoms with Crippen molar-refractivity contribution in [1.29, 1.82) is 0 Å². The van der Waals surface area contributed by atoms with Gasteiger partial charge < -0.3 is 9.30 Å². The van der Waals surface area contributed by atoms with Crippen molar-refractivity contribution < 1.29 is 4.74 Å². The van der Waals surface area contributed by atoms with Gasteiger partial charge in [0.25, 0.3) is 0 Å². The Hall–Kier alpha value is -2.60. The number of benzene rings is 1. The Morgan fingerprint density at radius 3 is 2.62 bits per heavy atom. The second-order valence-corrected chi connectivity index (χ2v) is 7.01. The summed E-state index contributed by atoms with van der Waals surface area (Å²) in [4.78, 5) is 6.48. The van der Waals surface area contributed by atoms with Crippen molar-refractivity contribution in [2.45, 2.75) is 33.0 Å². The number of aromatic nitrogens is 4. The minimum absolute atomic E-state index is 0.509. The van der Waals surface area contributed by atoms with Gasteiger partial charge in [0.05, 0.1) is 24.6 Å². The van der Waals surface area contributed by atoms with Crippen LogP contribution in [0.4, 0.5) is 0 Å². The lowest BCUT2D eigenvalue weighted by Gasteiger charge is -2.39. The Labute approximate surface area is 154 Å². The third-order valence-electron chi connectivity index (χ3n) is 4.84. The van der Waals surface area contributed by atoms with Crippen LogP contribution in [0.1, 0.15) is 23.0 Å². The highest BCUT2D eigenvalue weighted by Crippen LogP contribution is 2.25. The quantitative estimate of drug-likeness (QED) is 0.657. The molecule has 3 heterocycles. The first kappa shape index (κ1) is 16.8. The average molecular weight is 351 g/mol. The summed E-state index contributed by atoms with van der Waals surface area (Å²) in [5.74, 6) is 0.915. The number of rotatable bonds is 7. The van der Waals surface area contributed by atoms with Crippen LogP contribution in [-0.2, 0) is 13.1 Å². The summed E-state index contributed by atoms with van der Waals surface area (Å²) in [7, 11) is 0. The zero-order chi connectivity index (χ0) is 17.9. The molecule has 6 nitrogen and oxygen atoms in total. The largest absolute Gasteiger partial charge is 0.492 e. The summed E-state index contributed by atoms with van der Waals surface area (Å²) in [5.41, 5.74) is 3.67. The lowest BCUT2D eigenvalue weighted by atomic mass is 10.1. The standard InChI is InChI=1S/C20H25N5O/c1-16-11-17(2)25(22-16)19-13-24(14-19)12-18-3-5-20(6-4-18)26-10-9-23-8-7-21-15-23/h3-8,11,15,19H,9-10,12-14H2,1-2H3. The van der Waals surface area contributed by atoms with Crippen molar-refractivity contribution in [3.63, 3.8) is 0 Å². The molecule has 0 N–H and O–H groups in total. The van der Waals surface area contributed by atoms with Crippen molar-refractivity contribution in [3.8, 4) is 5.75 Å². The van der Waals surface area contributed by atoms with Gasteiger partial charge in [0.1, 0.15) is 12.4 Å². The Morgan fingerprint density at radius 2 is 1.96 bits per heavy atom. The second kappa shape index (κ2) is 7.33. The van der Waals surface area contributed by atoms with Crippen LogP contribution < -0.4 is 4.74 Å². The van der Waals surface area contributed by atoms with Gasteiger partial charge in [-0.3, -0.25) is 9.58 Å². The molecular formula is C20H25N5O. The van der Waals surface area contributed by atoms with Gasteiger partial charge >= 0.3 is 0 Å². The first-order chi connectivity index (χ1) is 12.7. The summed E-state index contributed by atoms with van der Waals surface area (Å²) < 4.78 is 9.98. The first-order valence-electron chi connectivity index (χ1n) is 9.10. The molecule has 1 saturated heterocycles. The number of nitrogens with zero attached hydrogens (tertiary/aromatic N) is 5. The third-order valence-corrected chi connectivity index (χ3v) is 4.84. The van der Waals surface area contributed by atoms with E-state index in [9.17, 15) is 0 Å². The molecule has 26 heavy (non-hydrogen) atoms. The van der Waals surface area contributed by atoms with E-state index >= 15 is 0 Å². The second-order valence-electron chi connectivity index (χ2n) is 7.01. The number of hydrogen-bond acceptors (Lipinski definition) is 4. The van der Waals surface area contributed by atoms with Crippen molar-refractivity contribution in [2.75, 3.05) is 19.7 Å². The van der Waals surface area contributed by atoms with Crippen molar-refractivity contribution in [2.24, 2.45) is 0 Å². The van der Waals surface area contributed by atoms with E-state index in [1.807, 2.05) is 10.8 Å². The number of aryl methyl sites for hydroxylation is 2. The summed E-state index contributed by atoms with van der Waals surface area (Å²) >= 11 is 0. The fraction of sp³-hybridized carbons (Fsp3) is 0.400. The van der Waals surface area contributed by atoms with Crippen LogP contribution in [0.3, 0.4) is 0 Å². The SMILES string of the molecule is Cc1cc(C)n(C2CN(Cc3ccc(OCCn4ccnc4)cc3)C2)n1. The third kappa shape index (κ3) is 3.80. The Balaban J connectivity index is 1.23. The molecule has 136 valence electrons. The molecular weight excluding hydrogens is 326 g/mol. The molecule has 0 atom stereocenters. The molecule has 1 aliphatic rings. The molecule has 0 radical (unpaired) electrons. The molecule has 1 aliphatic heterocycles. The molecule has 0 spiro atoms. The number of likely N-dealkylation sites (tertiary alicyclic amines) is 1. The summed E-state index contributed by atoms with van der Waals surface area (Å²) in [6.07, 6.45) is 5.53. The van der Waals surface area contributed by atoms with E-state index in [0.29, 0.717) is 12.6 Å². The molecule has 1 fully saturated rings. The van der Waals surface area contributed by atoms with E-state index in [-0.39, 0.29) is 0 Å². The van der Waals surface area contributed by atoms with Crippen LogP contribution in [0.15, 0.2) is 49.1 Å². The summed E-state index contributed by atoms with van der Waals surface area (Å²) in [5, 5.41) is 4.60. The molecule has 6 heteroatoms. The van der Waals surface area contributed by atoms with E-state index in [2.05, 4.69) is 63.8 Å². The van der Waals surface area contributed by atoms with Gasteiger partial charge in [-0.2, -0.15) is 5.10 Å². The molecule has 0 aliphatic carbocycles. The first-order valence-corrected chi connectivity index (χ1v) is 9.10. The van der Waals surface area contributed by atoms with Crippen LogP contribution >= 0.6 is 0 Å². The van der Waals surface area contributed by atoms with Gasteiger partial charge in [-0.05, 0) is 37.6 Å². The molecule has 4 rings (SSSR count). The van der Waals surface area contributed by atoms with Gasteiger partial charge in [-0.25, -0.2) is 4.98 Å². The van der Waals surface area contributed by atoms with E-state index in [1.54, 1.807) is 12.5 Å². The van der Waals surface area contributed by atoms with E-state index in [1.165, 1.54) is 11.3 Å². The molecule has 2 aromatic heterocycles. The smallest absolute Gasteiger partial charge is 0.119 e. The molecule has 0 amide bonds. The van der Waals surface area contributed by atoms with Crippen LogP contribution in [0.5, 0.6) is 5.75 Å². The Morgan fingerprint density at radius 1 is 1.15 bits per heavy atom. The topological polar surface area (TPSA) is 48.1 Å². The molecule has 0 saturated carbocycles. The number of hydrogen-bond donors (Lipinski definition) is 0. The highest BCUT2D eigenvalue weighted by atomic mass is 16.5. The maximum atomic E-state index is 5.80. The van der Waals surface area contributed by atoms with E-state index < -0.39 is 0 Å². The van der Waals surface area contributed by atoms with Gasteiger partial charge in [-0.1, -0.05) is 12.1 Å². The minimum atomic E-state index is 0.509. The summed E-state index contributed by atoms with van der Waals surface area (Å²) in [6.45, 7) is 8.74. The maximum absolute atomic E-state index is 5.80. The monoisotopic (exact) mass is 351 g/mol. The van der Waals surface area contributed by atoms with Gasteiger partial charge in [0.15, 0.2) is 0 Å². The normalized spacial score (nSPS) is 15.2. The highest BCUT2D eigenvalue weighted by molar-refractivity contribution is 5.27. The van der Waals surface area contributed by atoms with Crippen LogP contribution in [0.25, 0.3) is 0 Å². The van der Waals surface area contributed by atoms with Gasteiger partial charge in [0.2, 0.25) is 0 Å². The molecule has 3 aromatic rings. The van der Waals surface area contributed by atoms with Gasteiger partial charge in [-0.15, -0.1) is 0 Å². The van der Waals surface area contributed by atoms with Crippen molar-refractivity contribution in [1.82, 2.24) is 24.2 Å². The Bertz CT molecular complexity index is 832. The van der Waals surface area contributed by atoms with Crippen molar-refractivity contribution >= 4 is 0 Å². The number of ether oxygens (including phenoxy) is 1. The van der Waals surface area contributed by atoms with Crippen molar-refractivity contribution in [3.05, 3.63) is 66.0 Å². The summed E-state index contributed by atoms with van der Waals surface area (Å²) in [6, 6.07) is 11.1. The van der Waals surface area contributed by atoms with E-state index in [0.717, 1.165) is 37.6 Å². The molecule has 1 aromatic carbocycles. The predicted molar refractivity (Wildman–Crippen MR) is 100 cm³/mol. The van der Waals surface area contributed by atoms with E-state index in [4.69, 9.17) is 4.74 Å². The van der Waals surface area contributed by atoms with Crippen LogP contribution in [0, 0.1) is 13.8 Å². The average Bonchev–Trinajstić information content (AvgIpc) is 3.21. The molecule has 0 unspecified atom stereocenters. The van der Waals surface area contributed by atoms with Gasteiger partial charge in [0, 0.05) is 37.7 Å². The van der Waals surface area contributed by atoms with Crippen LogP contribution in [0.2, 0.25) is 0 Å².